The van der Waals surface area contributed by atoms with Crippen LogP contribution in [-0.4, -0.2) is 29.8 Å². The highest BCUT2D eigenvalue weighted by Crippen LogP contribution is 2.34. The second kappa shape index (κ2) is 12.3. The van der Waals surface area contributed by atoms with Crippen molar-refractivity contribution in [2.45, 2.75) is 85.1 Å². The molecule has 0 aliphatic carbocycles. The lowest BCUT2D eigenvalue weighted by molar-refractivity contribution is 0.582. The summed E-state index contributed by atoms with van der Waals surface area (Å²) in [5, 5.41) is 14.5. The minimum absolute atomic E-state index is 0.0207. The normalized spacial score (nSPS) is 11.9. The van der Waals surface area contributed by atoms with Gasteiger partial charge in [-0.25, -0.2) is 9.89 Å². The number of aromatic nitrogens is 6. The Morgan fingerprint density at radius 2 is 1.64 bits per heavy atom. The Hall–Kier alpha value is -4.26. The Morgan fingerprint density at radius 3 is 2.29 bits per heavy atom. The Bertz CT molecular complexity index is 1690. The van der Waals surface area contributed by atoms with Crippen LogP contribution in [0, 0.1) is 0 Å². The van der Waals surface area contributed by atoms with E-state index in [-0.39, 0.29) is 11.1 Å². The van der Waals surface area contributed by atoms with Crippen LogP contribution in [0.15, 0.2) is 77.7 Å². The third kappa shape index (κ3) is 6.01. The molecule has 2 heterocycles. The van der Waals surface area contributed by atoms with Crippen LogP contribution in [0.3, 0.4) is 0 Å². The highest BCUT2D eigenvalue weighted by atomic mass is 16.1. The van der Waals surface area contributed by atoms with Crippen LogP contribution in [0.2, 0.25) is 0 Å². The topological polar surface area (TPSA) is 81.4 Å². The fraction of sp³-hybridized carbons (Fsp3) is 0.371. The number of H-pyrrole nitrogens is 1. The Kier molecular flexibility index (Phi) is 8.57. The fourth-order valence-electron chi connectivity index (χ4n) is 5.70. The van der Waals surface area contributed by atoms with Gasteiger partial charge in [-0.1, -0.05) is 121 Å². The molecule has 0 saturated carbocycles. The van der Waals surface area contributed by atoms with Gasteiger partial charge in [-0.3, -0.25) is 9.13 Å². The van der Waals surface area contributed by atoms with Gasteiger partial charge in [0.2, 0.25) is 0 Å². The number of nitrogens with one attached hydrogen (secondary N) is 1. The summed E-state index contributed by atoms with van der Waals surface area (Å²) >= 11 is 0. The zero-order valence-corrected chi connectivity index (χ0v) is 25.7. The third-order valence-corrected chi connectivity index (χ3v) is 7.97. The largest absolute Gasteiger partial charge is 0.333 e. The maximum atomic E-state index is 14.2. The minimum atomic E-state index is -0.0992. The highest BCUT2D eigenvalue weighted by Gasteiger charge is 2.25. The van der Waals surface area contributed by atoms with Gasteiger partial charge in [0.1, 0.15) is 0 Å². The number of aryl methyl sites for hydroxylation is 1. The number of hydrogen-bond acceptors (Lipinski definition) is 4. The first-order chi connectivity index (χ1) is 20.2. The van der Waals surface area contributed by atoms with Crippen LogP contribution in [0.25, 0.3) is 28.2 Å². The van der Waals surface area contributed by atoms with Crippen LogP contribution in [0.5, 0.6) is 0 Å². The van der Waals surface area contributed by atoms with Gasteiger partial charge in [-0.05, 0) is 62.4 Å². The zero-order chi connectivity index (χ0) is 29.9. The summed E-state index contributed by atoms with van der Waals surface area (Å²) in [6.45, 7) is 13.8. The predicted octanol–water partition coefficient (Wildman–Crippen LogP) is 7.69. The van der Waals surface area contributed by atoms with E-state index < -0.39 is 0 Å². The molecule has 42 heavy (non-hydrogen) atoms. The molecule has 1 N–H and O–H groups in total. The van der Waals surface area contributed by atoms with Crippen molar-refractivity contribution in [2.75, 3.05) is 0 Å². The monoisotopic (exact) mass is 562 g/mol. The van der Waals surface area contributed by atoms with Crippen LogP contribution in [0.1, 0.15) is 89.1 Å². The first-order valence-corrected chi connectivity index (χ1v) is 15.1. The van der Waals surface area contributed by atoms with E-state index in [0.29, 0.717) is 18.3 Å². The summed E-state index contributed by atoms with van der Waals surface area (Å²) < 4.78 is 3.90. The minimum Gasteiger partial charge on any atom is -0.292 e. The molecule has 0 saturated heterocycles. The van der Waals surface area contributed by atoms with Gasteiger partial charge < -0.3 is 0 Å². The van der Waals surface area contributed by atoms with E-state index in [0.717, 1.165) is 59.3 Å². The van der Waals surface area contributed by atoms with Gasteiger partial charge >= 0.3 is 5.69 Å². The van der Waals surface area contributed by atoms with Gasteiger partial charge in [0.25, 0.3) is 0 Å². The van der Waals surface area contributed by atoms with E-state index in [1.807, 2.05) is 27.3 Å². The summed E-state index contributed by atoms with van der Waals surface area (Å²) in [6.07, 6.45) is 6.32. The van der Waals surface area contributed by atoms with Crippen molar-refractivity contribution in [2.24, 2.45) is 0 Å². The summed E-state index contributed by atoms with van der Waals surface area (Å²) in [7, 11) is 0. The number of tetrazole rings is 1. The summed E-state index contributed by atoms with van der Waals surface area (Å²) in [5.74, 6) is 0.930. The van der Waals surface area contributed by atoms with Gasteiger partial charge in [-0.15, -0.1) is 5.10 Å². The van der Waals surface area contributed by atoms with Crippen molar-refractivity contribution in [1.82, 2.24) is 29.8 Å². The second-order valence-corrected chi connectivity index (χ2v) is 12.5. The number of nitrogens with zero attached hydrogens (tertiary/aromatic N) is 5. The number of unbranched alkanes of at least 4 members (excludes halogenated alkanes) is 2. The van der Waals surface area contributed by atoms with Gasteiger partial charge in [-0.2, -0.15) is 0 Å². The van der Waals surface area contributed by atoms with Crippen molar-refractivity contribution in [1.29, 1.82) is 0 Å². The molecule has 0 atom stereocenters. The average molecular weight is 563 g/mol. The van der Waals surface area contributed by atoms with Crippen molar-refractivity contribution in [3.8, 4) is 28.2 Å². The number of hydrogen-bond donors (Lipinski definition) is 1. The zero-order valence-electron chi connectivity index (χ0n) is 25.7. The second-order valence-electron chi connectivity index (χ2n) is 12.5. The molecule has 0 aliphatic heterocycles. The van der Waals surface area contributed by atoms with E-state index in [9.17, 15) is 4.79 Å². The van der Waals surface area contributed by atoms with Crippen LogP contribution >= 0.6 is 0 Å². The van der Waals surface area contributed by atoms with Crippen molar-refractivity contribution >= 4 is 0 Å². The van der Waals surface area contributed by atoms with Gasteiger partial charge in [0.05, 0.1) is 12.2 Å². The summed E-state index contributed by atoms with van der Waals surface area (Å²) in [5.41, 5.74) is 8.58. The first-order valence-electron chi connectivity index (χ1n) is 15.1. The molecule has 0 amide bonds. The Labute approximate surface area is 248 Å². The van der Waals surface area contributed by atoms with E-state index in [4.69, 9.17) is 0 Å². The Morgan fingerprint density at radius 1 is 0.905 bits per heavy atom. The molecule has 0 unspecified atom stereocenters. The molecule has 0 bridgehead atoms. The van der Waals surface area contributed by atoms with E-state index >= 15 is 0 Å². The highest BCUT2D eigenvalue weighted by molar-refractivity contribution is 5.80. The van der Waals surface area contributed by atoms with Crippen LogP contribution < -0.4 is 5.69 Å². The molecule has 5 aromatic rings. The van der Waals surface area contributed by atoms with Crippen molar-refractivity contribution in [3.05, 3.63) is 106 Å². The molecule has 7 nitrogen and oxygen atoms in total. The lowest BCUT2D eigenvalue weighted by Gasteiger charge is -2.26. The Balaban J connectivity index is 1.55. The molecule has 0 aliphatic rings. The van der Waals surface area contributed by atoms with Crippen molar-refractivity contribution < 1.29 is 0 Å². The number of aromatic amines is 1. The third-order valence-electron chi connectivity index (χ3n) is 7.97. The van der Waals surface area contributed by atoms with Gasteiger partial charge in [0, 0.05) is 17.5 Å². The van der Waals surface area contributed by atoms with E-state index in [2.05, 4.69) is 117 Å². The van der Waals surface area contributed by atoms with Crippen molar-refractivity contribution in [3.63, 3.8) is 0 Å². The first kappa shape index (κ1) is 29.2. The number of benzene rings is 3. The molecule has 2 aromatic heterocycles. The molecule has 3 aromatic carbocycles. The molecule has 0 spiro atoms. The van der Waals surface area contributed by atoms with Crippen LogP contribution in [0.4, 0.5) is 0 Å². The maximum absolute atomic E-state index is 14.2. The molecule has 218 valence electrons. The summed E-state index contributed by atoms with van der Waals surface area (Å²) in [4.78, 5) is 14.2. The quantitative estimate of drug-likeness (QED) is 0.177. The lowest BCUT2D eigenvalue weighted by Crippen LogP contribution is -2.27. The van der Waals surface area contributed by atoms with E-state index in [1.54, 1.807) is 0 Å². The standard InChI is InChI=1S/C35H42N6O/c1-7-8-9-13-27-23-41(32-28(24(2)3)16-12-17-31(32)35(4,5)6)34(42)40(27)22-25-18-20-26(21-19-25)29-14-10-11-15-30(29)33-36-38-39-37-33/h10-12,14-21,23-24H,7-9,13,22H2,1-6H3,(H,36,37,38,39). The number of para-hydroxylation sites is 1. The van der Waals surface area contributed by atoms with E-state index in [1.165, 1.54) is 11.1 Å². The SMILES string of the molecule is CCCCCc1cn(-c2c(C(C)C)cccc2C(C)(C)C)c(=O)n1Cc1ccc(-c2ccccc2-c2nnn[nH]2)cc1. The maximum Gasteiger partial charge on any atom is 0.333 e. The van der Waals surface area contributed by atoms with Gasteiger partial charge in [0.15, 0.2) is 5.82 Å². The smallest absolute Gasteiger partial charge is 0.292 e. The number of imidazole rings is 1. The molecule has 0 radical (unpaired) electrons. The molecule has 5 rings (SSSR count). The van der Waals surface area contributed by atoms with Crippen LogP contribution in [-0.2, 0) is 18.4 Å². The lowest BCUT2D eigenvalue weighted by atomic mass is 9.83. The summed E-state index contributed by atoms with van der Waals surface area (Å²) in [6, 6.07) is 23.0. The average Bonchev–Trinajstić information content (AvgIpc) is 3.62. The predicted molar refractivity (Wildman–Crippen MR) is 170 cm³/mol. The fourth-order valence-corrected chi connectivity index (χ4v) is 5.70. The molecular formula is C35H42N6O. The molecule has 0 fully saturated rings. The number of rotatable bonds is 10. The molecule has 7 heteroatoms. The molecular weight excluding hydrogens is 520 g/mol.